The van der Waals surface area contributed by atoms with Gasteiger partial charge in [-0.3, -0.25) is 9.59 Å². The van der Waals surface area contributed by atoms with E-state index in [0.29, 0.717) is 42.6 Å². The van der Waals surface area contributed by atoms with Gasteiger partial charge in [-0.05, 0) is 67.1 Å². The molecule has 0 radical (unpaired) electrons. The number of carbonyl (C=O) groups is 2. The van der Waals surface area contributed by atoms with Gasteiger partial charge in [-0.2, -0.15) is 0 Å². The van der Waals surface area contributed by atoms with Crippen molar-refractivity contribution < 1.29 is 19.4 Å². The van der Waals surface area contributed by atoms with Crippen LogP contribution in [0.4, 0.5) is 0 Å². The van der Waals surface area contributed by atoms with Gasteiger partial charge in [0.05, 0.1) is 18.4 Å². The molecule has 0 amide bonds. The van der Waals surface area contributed by atoms with E-state index < -0.39 is 17.8 Å². The Bertz CT molecular complexity index is 578. The molecule has 30 heavy (non-hydrogen) atoms. The molecule has 0 saturated heterocycles. The molecule has 4 heteroatoms. The van der Waals surface area contributed by atoms with Crippen LogP contribution in [-0.4, -0.2) is 23.7 Å². The van der Waals surface area contributed by atoms with Crippen LogP contribution in [0.5, 0.6) is 0 Å². The molecule has 0 bridgehead atoms. The van der Waals surface area contributed by atoms with E-state index in [4.69, 9.17) is 4.74 Å². The monoisotopic (exact) mass is 422 g/mol. The number of rotatable bonds is 8. The van der Waals surface area contributed by atoms with Crippen LogP contribution in [-0.2, 0) is 14.3 Å². The van der Waals surface area contributed by atoms with Crippen molar-refractivity contribution in [3.8, 4) is 0 Å². The second-order valence-electron chi connectivity index (χ2n) is 11.7. The molecule has 2 saturated carbocycles. The van der Waals surface area contributed by atoms with E-state index in [-0.39, 0.29) is 11.4 Å². The van der Waals surface area contributed by atoms with Crippen LogP contribution in [0.15, 0.2) is 0 Å². The number of carbonyl (C=O) groups excluding carboxylic acids is 1. The third-order valence-electron chi connectivity index (χ3n) is 8.61. The fourth-order valence-electron chi connectivity index (χ4n) is 5.71. The second kappa shape index (κ2) is 10.5. The minimum Gasteiger partial charge on any atom is -0.481 e. The number of esters is 1. The first-order valence-electron chi connectivity index (χ1n) is 12.4. The van der Waals surface area contributed by atoms with E-state index in [1.807, 2.05) is 0 Å². The van der Waals surface area contributed by atoms with Gasteiger partial charge in [0.25, 0.3) is 0 Å². The lowest BCUT2D eigenvalue weighted by molar-refractivity contribution is -0.162. The molecule has 0 aromatic carbocycles. The Labute approximate surface area is 184 Å². The Hall–Kier alpha value is -1.06. The third-order valence-corrected chi connectivity index (χ3v) is 8.61. The molecule has 2 fully saturated rings. The van der Waals surface area contributed by atoms with E-state index in [2.05, 4.69) is 41.5 Å². The van der Waals surface area contributed by atoms with Crippen molar-refractivity contribution >= 4 is 11.9 Å². The van der Waals surface area contributed by atoms with Crippen LogP contribution < -0.4 is 0 Å². The molecule has 0 aromatic heterocycles. The van der Waals surface area contributed by atoms with Crippen LogP contribution in [0.25, 0.3) is 0 Å². The summed E-state index contributed by atoms with van der Waals surface area (Å²) in [6, 6.07) is 0. The number of ether oxygens (including phenoxy) is 1. The highest BCUT2D eigenvalue weighted by Crippen LogP contribution is 2.53. The third kappa shape index (κ3) is 6.23. The van der Waals surface area contributed by atoms with E-state index in [9.17, 15) is 14.7 Å². The van der Waals surface area contributed by atoms with Crippen molar-refractivity contribution in [1.82, 2.24) is 0 Å². The zero-order valence-electron chi connectivity index (χ0n) is 20.3. The fourth-order valence-corrected chi connectivity index (χ4v) is 5.71. The summed E-state index contributed by atoms with van der Waals surface area (Å²) in [5.74, 6) is -0.814. The standard InChI is InChI=1S/C26H46O4/c1-7-8-9-10-19-16-26(6,25(3,4)5)14-13-20(19)17-30-24(29)21-12-11-18(2)15-22(21)23(27)28/h18-22H,7-17H2,1-6H3,(H,27,28). The topological polar surface area (TPSA) is 63.6 Å². The van der Waals surface area contributed by atoms with Crippen LogP contribution in [0.1, 0.15) is 106 Å². The van der Waals surface area contributed by atoms with Gasteiger partial charge in [0.2, 0.25) is 0 Å². The summed E-state index contributed by atoms with van der Waals surface area (Å²) in [4.78, 5) is 24.5. The number of hydrogen-bond donors (Lipinski definition) is 1. The summed E-state index contributed by atoms with van der Waals surface area (Å²) in [7, 11) is 0. The highest BCUT2D eigenvalue weighted by atomic mass is 16.5. The maximum atomic E-state index is 12.8. The molecule has 2 aliphatic rings. The molecular formula is C26H46O4. The zero-order valence-corrected chi connectivity index (χ0v) is 20.3. The van der Waals surface area contributed by atoms with E-state index in [1.165, 1.54) is 38.5 Å². The summed E-state index contributed by atoms with van der Waals surface area (Å²) in [6.45, 7) is 14.3. The molecule has 0 aliphatic heterocycles. The molecule has 0 aromatic rings. The Morgan fingerprint density at radius 1 is 1.07 bits per heavy atom. The predicted octanol–water partition coefficient (Wildman–Crippen LogP) is 6.72. The minimum atomic E-state index is -0.848. The molecule has 0 heterocycles. The van der Waals surface area contributed by atoms with Crippen molar-refractivity contribution in [3.63, 3.8) is 0 Å². The molecule has 174 valence electrons. The number of hydrogen-bond acceptors (Lipinski definition) is 3. The minimum absolute atomic E-state index is 0.269. The first kappa shape index (κ1) is 25.2. The highest BCUT2D eigenvalue weighted by Gasteiger charge is 2.45. The van der Waals surface area contributed by atoms with Crippen molar-refractivity contribution in [2.24, 2.45) is 40.4 Å². The Balaban J connectivity index is 2.00. The maximum Gasteiger partial charge on any atom is 0.309 e. The number of carboxylic acid groups (broad SMARTS) is 1. The second-order valence-corrected chi connectivity index (χ2v) is 11.7. The van der Waals surface area contributed by atoms with Gasteiger partial charge in [-0.15, -0.1) is 0 Å². The van der Waals surface area contributed by atoms with Gasteiger partial charge in [-0.1, -0.05) is 67.2 Å². The van der Waals surface area contributed by atoms with Crippen molar-refractivity contribution in [2.75, 3.05) is 6.61 Å². The van der Waals surface area contributed by atoms with E-state index >= 15 is 0 Å². The van der Waals surface area contributed by atoms with Gasteiger partial charge in [0, 0.05) is 0 Å². The molecule has 4 nitrogen and oxygen atoms in total. The average molecular weight is 423 g/mol. The van der Waals surface area contributed by atoms with Gasteiger partial charge in [0.1, 0.15) is 0 Å². The number of unbranched alkanes of at least 4 members (excludes halogenated alkanes) is 2. The predicted molar refractivity (Wildman–Crippen MR) is 121 cm³/mol. The van der Waals surface area contributed by atoms with Crippen molar-refractivity contribution in [2.45, 2.75) is 106 Å². The summed E-state index contributed by atoms with van der Waals surface area (Å²) in [5.41, 5.74) is 0.587. The fraction of sp³-hybridized carbons (Fsp3) is 0.923. The Morgan fingerprint density at radius 2 is 1.77 bits per heavy atom. The van der Waals surface area contributed by atoms with Crippen LogP contribution >= 0.6 is 0 Å². The molecule has 6 atom stereocenters. The lowest BCUT2D eigenvalue weighted by Crippen LogP contribution is -2.42. The van der Waals surface area contributed by atoms with Crippen LogP contribution in [0.3, 0.4) is 0 Å². The van der Waals surface area contributed by atoms with E-state index in [1.54, 1.807) is 0 Å². The smallest absolute Gasteiger partial charge is 0.309 e. The lowest BCUT2D eigenvalue weighted by Gasteiger charge is -2.50. The molecule has 1 N–H and O–H groups in total. The molecule has 2 rings (SSSR count). The molecule has 0 spiro atoms. The summed E-state index contributed by atoms with van der Waals surface area (Å²) < 4.78 is 5.82. The SMILES string of the molecule is CCCCCC1CC(C)(C(C)(C)C)CCC1COC(=O)C1CCC(C)CC1C(=O)O. The molecule has 2 aliphatic carbocycles. The first-order valence-corrected chi connectivity index (χ1v) is 12.4. The molecule has 6 unspecified atom stereocenters. The highest BCUT2D eigenvalue weighted by molar-refractivity contribution is 5.81. The Morgan fingerprint density at radius 3 is 2.37 bits per heavy atom. The van der Waals surface area contributed by atoms with Crippen LogP contribution in [0.2, 0.25) is 0 Å². The number of carboxylic acids is 1. The quantitative estimate of drug-likeness (QED) is 0.348. The largest absolute Gasteiger partial charge is 0.481 e. The normalized spacial score (nSPS) is 35.1. The molecular weight excluding hydrogens is 376 g/mol. The van der Waals surface area contributed by atoms with Gasteiger partial charge < -0.3 is 9.84 Å². The van der Waals surface area contributed by atoms with Crippen molar-refractivity contribution in [1.29, 1.82) is 0 Å². The number of aliphatic carboxylic acids is 1. The first-order chi connectivity index (χ1) is 14.0. The summed E-state index contributed by atoms with van der Waals surface area (Å²) in [6.07, 6.45) is 10.5. The van der Waals surface area contributed by atoms with Crippen molar-refractivity contribution in [3.05, 3.63) is 0 Å². The maximum absolute atomic E-state index is 12.8. The average Bonchev–Trinajstić information content (AvgIpc) is 2.66. The summed E-state index contributed by atoms with van der Waals surface area (Å²) >= 11 is 0. The van der Waals surface area contributed by atoms with E-state index in [0.717, 1.165) is 12.8 Å². The van der Waals surface area contributed by atoms with Crippen LogP contribution in [0, 0.1) is 40.4 Å². The zero-order chi connectivity index (χ0) is 22.5. The lowest BCUT2D eigenvalue weighted by atomic mass is 9.55. The van der Waals surface area contributed by atoms with Gasteiger partial charge >= 0.3 is 11.9 Å². The Kier molecular flexibility index (Phi) is 8.82. The summed E-state index contributed by atoms with van der Waals surface area (Å²) in [5, 5.41) is 9.58. The van der Waals surface area contributed by atoms with Gasteiger partial charge in [0.15, 0.2) is 0 Å². The van der Waals surface area contributed by atoms with Gasteiger partial charge in [-0.25, -0.2) is 0 Å².